The Hall–Kier alpha value is -2.80. The van der Waals surface area contributed by atoms with E-state index in [1.807, 2.05) is 0 Å². The van der Waals surface area contributed by atoms with Gasteiger partial charge < -0.3 is 10.4 Å². The Bertz CT molecular complexity index is 1210. The molecule has 9 heteroatoms. The van der Waals surface area contributed by atoms with Crippen LogP contribution in [0.2, 0.25) is 0 Å². The number of aromatic nitrogens is 1. The summed E-state index contributed by atoms with van der Waals surface area (Å²) >= 11 is 0. The molecule has 1 atom stereocenters. The van der Waals surface area contributed by atoms with Gasteiger partial charge in [0.25, 0.3) is 0 Å². The van der Waals surface area contributed by atoms with E-state index in [2.05, 4.69) is 20.7 Å². The zero-order valence-electron chi connectivity index (χ0n) is 17.6. The molecule has 0 spiro atoms. The van der Waals surface area contributed by atoms with E-state index in [-0.39, 0.29) is 4.90 Å². The molecule has 162 valence electrons. The predicted octanol–water partition coefficient (Wildman–Crippen LogP) is 3.09. The normalized spacial score (nSPS) is 16.7. The minimum atomic E-state index is -3.57. The monoisotopic (exact) mass is 439 g/mol. The van der Waals surface area contributed by atoms with Gasteiger partial charge in [0.1, 0.15) is 9.92 Å². The summed E-state index contributed by atoms with van der Waals surface area (Å²) < 4.78 is 16.8. The molecule has 2 aromatic rings. The van der Waals surface area contributed by atoms with Crippen molar-refractivity contribution in [2.45, 2.75) is 62.9 Å². The highest BCUT2D eigenvalue weighted by atomic mass is 32.2. The second-order valence-corrected chi connectivity index (χ2v) is 10.3. The summed E-state index contributed by atoms with van der Waals surface area (Å²) in [4.78, 5) is 16.8. The van der Waals surface area contributed by atoms with Crippen molar-refractivity contribution in [1.82, 2.24) is 4.98 Å². The van der Waals surface area contributed by atoms with Crippen LogP contribution in [0.15, 0.2) is 27.7 Å². The van der Waals surface area contributed by atoms with E-state index >= 15 is 0 Å². The van der Waals surface area contributed by atoms with Crippen molar-refractivity contribution in [3.63, 3.8) is 0 Å². The van der Waals surface area contributed by atoms with Gasteiger partial charge in [-0.1, -0.05) is 0 Å². The van der Waals surface area contributed by atoms with E-state index in [0.29, 0.717) is 11.3 Å². The number of urea groups is 1. The molecule has 1 aromatic heterocycles. The molecule has 0 bridgehead atoms. The summed E-state index contributed by atoms with van der Waals surface area (Å²) in [5.41, 5.74) is 4.65. The number of pyridine rings is 1. The second kappa shape index (κ2) is 7.71. The van der Waals surface area contributed by atoms with E-state index < -0.39 is 21.5 Å². The molecule has 2 aliphatic rings. The van der Waals surface area contributed by atoms with E-state index in [1.54, 1.807) is 13.8 Å². The van der Waals surface area contributed by atoms with Gasteiger partial charge >= 0.3 is 6.03 Å². The van der Waals surface area contributed by atoms with Gasteiger partial charge in [-0.3, -0.25) is 4.98 Å². The third-order valence-corrected chi connectivity index (χ3v) is 7.30. The molecule has 4 N–H and O–H groups in total. The van der Waals surface area contributed by atoms with Crippen molar-refractivity contribution in [3.8, 4) is 6.07 Å². The molecule has 0 fully saturated rings. The lowest BCUT2D eigenvalue weighted by molar-refractivity contribution is 0.0780. The first-order chi connectivity index (χ1) is 14.6. The van der Waals surface area contributed by atoms with Crippen molar-refractivity contribution in [1.29, 1.82) is 5.26 Å². The second-order valence-electron chi connectivity index (χ2n) is 8.54. The maximum Gasteiger partial charge on any atom is 0.354 e. The van der Waals surface area contributed by atoms with Crippen LogP contribution in [0.5, 0.6) is 0 Å². The fraction of sp³-hybridized carbons (Fsp3) is 0.409. The van der Waals surface area contributed by atoms with Gasteiger partial charge in [-0.25, -0.2) is 14.1 Å². The highest BCUT2D eigenvalue weighted by Crippen LogP contribution is 2.41. The number of benzene rings is 1. The number of nitrogens with one attached hydrogen (secondary N) is 1. The average molecular weight is 440 g/mol. The molecule has 0 unspecified atom stereocenters. The summed E-state index contributed by atoms with van der Waals surface area (Å²) in [7, 11) is -3.57. The van der Waals surface area contributed by atoms with Crippen LogP contribution in [0.3, 0.4) is 0 Å². The standard InChI is InChI=1S/C22H25N5O3S/c1-22(2,29)13-9-14(12-25-11-13)31(24,30)27-21(28)26-20-17-7-3-5-15(17)19(10-23)16-6-4-8-18(16)20/h9,11-12,29H,3-8H2,1-2H3,(H3,24,26,27,28,30)/t31-/m1/s1. The van der Waals surface area contributed by atoms with Crippen LogP contribution < -0.4 is 10.5 Å². The summed E-state index contributed by atoms with van der Waals surface area (Å²) in [6.07, 6.45) is 7.77. The van der Waals surface area contributed by atoms with Gasteiger partial charge in [-0.2, -0.15) is 5.26 Å². The van der Waals surface area contributed by atoms with Crippen LogP contribution in [-0.2, 0) is 41.2 Å². The number of nitriles is 1. The molecule has 0 aliphatic heterocycles. The van der Waals surface area contributed by atoms with Crippen LogP contribution in [0.25, 0.3) is 0 Å². The SMILES string of the molecule is CC(C)(O)c1cncc([S@](N)(=O)=NC(=O)Nc2c3c(c(C#N)c4c2CCC4)CCC3)c1. The lowest BCUT2D eigenvalue weighted by Gasteiger charge is -2.18. The van der Waals surface area contributed by atoms with Crippen LogP contribution >= 0.6 is 0 Å². The van der Waals surface area contributed by atoms with Gasteiger partial charge in [-0.15, -0.1) is 4.36 Å². The van der Waals surface area contributed by atoms with Crippen molar-refractivity contribution >= 4 is 21.6 Å². The summed E-state index contributed by atoms with van der Waals surface area (Å²) in [6, 6.07) is 3.01. The number of fused-ring (bicyclic) bond motifs is 2. The molecule has 1 aromatic carbocycles. The molecule has 31 heavy (non-hydrogen) atoms. The molecule has 0 saturated heterocycles. The zero-order chi connectivity index (χ0) is 22.4. The fourth-order valence-corrected chi connectivity index (χ4v) is 5.37. The Kier molecular flexibility index (Phi) is 5.33. The van der Waals surface area contributed by atoms with Crippen LogP contribution in [0.1, 0.15) is 60.1 Å². The van der Waals surface area contributed by atoms with Gasteiger partial charge in [-0.05, 0) is 80.7 Å². The number of aliphatic hydroxyl groups is 1. The third kappa shape index (κ3) is 3.94. The van der Waals surface area contributed by atoms with E-state index in [1.165, 1.54) is 18.5 Å². The van der Waals surface area contributed by atoms with Crippen LogP contribution in [-0.4, -0.2) is 20.3 Å². The van der Waals surface area contributed by atoms with E-state index in [0.717, 1.165) is 66.3 Å². The Morgan fingerprint density at radius 3 is 2.32 bits per heavy atom. The maximum absolute atomic E-state index is 13.0. The first-order valence-corrected chi connectivity index (χ1v) is 11.8. The number of nitrogens with zero attached hydrogens (tertiary/aromatic N) is 3. The molecule has 0 radical (unpaired) electrons. The van der Waals surface area contributed by atoms with E-state index in [4.69, 9.17) is 5.14 Å². The van der Waals surface area contributed by atoms with Crippen molar-refractivity contribution in [3.05, 3.63) is 51.8 Å². The van der Waals surface area contributed by atoms with Crippen molar-refractivity contribution in [2.75, 3.05) is 5.32 Å². The Morgan fingerprint density at radius 2 is 1.77 bits per heavy atom. The number of amides is 2. The van der Waals surface area contributed by atoms with Crippen molar-refractivity contribution < 1.29 is 14.1 Å². The lowest BCUT2D eigenvalue weighted by Crippen LogP contribution is -2.21. The largest absolute Gasteiger partial charge is 0.386 e. The molecule has 1 heterocycles. The quantitative estimate of drug-likeness (QED) is 0.674. The number of anilines is 1. The minimum Gasteiger partial charge on any atom is -0.386 e. The molecule has 2 aliphatic carbocycles. The topological polar surface area (TPSA) is 141 Å². The van der Waals surface area contributed by atoms with Crippen LogP contribution in [0.4, 0.5) is 10.5 Å². The Balaban J connectivity index is 1.71. The predicted molar refractivity (Wildman–Crippen MR) is 117 cm³/mol. The third-order valence-electron chi connectivity index (χ3n) is 5.96. The first kappa shape index (κ1) is 21.4. The molecule has 2 amide bonds. The minimum absolute atomic E-state index is 0.0672. The van der Waals surface area contributed by atoms with Crippen molar-refractivity contribution in [2.24, 2.45) is 9.50 Å². The van der Waals surface area contributed by atoms with Gasteiger partial charge in [0, 0.05) is 23.6 Å². The van der Waals surface area contributed by atoms with Crippen LogP contribution in [0, 0.1) is 11.3 Å². The number of nitrogens with two attached hydrogens (primary N) is 1. The number of carbonyl (C=O) groups is 1. The molecule has 4 rings (SSSR count). The maximum atomic E-state index is 13.0. The summed E-state index contributed by atoms with van der Waals surface area (Å²) in [5.74, 6) is 0. The van der Waals surface area contributed by atoms with Gasteiger partial charge in [0.05, 0.1) is 22.1 Å². The lowest BCUT2D eigenvalue weighted by atomic mass is 9.93. The number of hydrogen-bond acceptors (Lipinski definition) is 5. The summed E-state index contributed by atoms with van der Waals surface area (Å²) in [6.45, 7) is 3.14. The highest BCUT2D eigenvalue weighted by Gasteiger charge is 2.29. The number of carbonyl (C=O) groups excluding carboxylic acids is 1. The Labute approximate surface area is 181 Å². The average Bonchev–Trinajstić information content (AvgIpc) is 3.37. The Morgan fingerprint density at radius 1 is 1.19 bits per heavy atom. The molecule has 0 saturated carbocycles. The first-order valence-electron chi connectivity index (χ1n) is 10.2. The van der Waals surface area contributed by atoms with Gasteiger partial charge in [0.15, 0.2) is 0 Å². The number of rotatable bonds is 3. The fourth-order valence-electron chi connectivity index (χ4n) is 4.46. The molecular weight excluding hydrogens is 414 g/mol. The smallest absolute Gasteiger partial charge is 0.354 e. The number of hydrogen-bond donors (Lipinski definition) is 3. The zero-order valence-corrected chi connectivity index (χ0v) is 18.4. The summed E-state index contributed by atoms with van der Waals surface area (Å²) in [5, 5.41) is 28.6. The van der Waals surface area contributed by atoms with Gasteiger partial charge in [0.2, 0.25) is 0 Å². The molecule has 8 nitrogen and oxygen atoms in total. The van der Waals surface area contributed by atoms with E-state index in [9.17, 15) is 19.4 Å². The molecular formula is C22H25N5O3S. The highest BCUT2D eigenvalue weighted by molar-refractivity contribution is 7.91.